The van der Waals surface area contributed by atoms with Gasteiger partial charge in [0.25, 0.3) is 0 Å². The van der Waals surface area contributed by atoms with Crippen LogP contribution in [0, 0.1) is 0 Å². The molecule has 0 saturated carbocycles. The first kappa shape index (κ1) is 14.4. The Morgan fingerprint density at radius 2 is 2.35 bits per heavy atom. The first-order valence-electron chi connectivity index (χ1n) is 6.30. The van der Waals surface area contributed by atoms with E-state index in [1.165, 1.54) is 0 Å². The Labute approximate surface area is 103 Å². The van der Waals surface area contributed by atoms with Crippen LogP contribution in [0.1, 0.15) is 19.8 Å². The second-order valence-corrected chi connectivity index (χ2v) is 4.35. The normalized spacial score (nSPS) is 23.4. The third kappa shape index (κ3) is 4.61. The molecule has 2 unspecified atom stereocenters. The second kappa shape index (κ2) is 7.63. The average Bonchev–Trinajstić information content (AvgIpc) is 2.36. The fraction of sp³-hybridized carbons (Fsp3) is 0.917. The van der Waals surface area contributed by atoms with Gasteiger partial charge in [0.2, 0.25) is 0 Å². The topological polar surface area (TPSA) is 50.8 Å². The highest BCUT2D eigenvalue weighted by Crippen LogP contribution is 2.12. The number of nitrogens with one attached hydrogen (secondary N) is 1. The van der Waals surface area contributed by atoms with Crippen molar-refractivity contribution in [3.63, 3.8) is 0 Å². The minimum Gasteiger partial charge on any atom is -0.465 e. The zero-order chi connectivity index (χ0) is 12.7. The molecule has 0 aromatic heterocycles. The van der Waals surface area contributed by atoms with Gasteiger partial charge < -0.3 is 14.8 Å². The lowest BCUT2D eigenvalue weighted by Gasteiger charge is -2.33. The van der Waals surface area contributed by atoms with Gasteiger partial charge in [0, 0.05) is 20.2 Å². The largest absolute Gasteiger partial charge is 0.465 e. The Hall–Kier alpha value is -0.650. The summed E-state index contributed by atoms with van der Waals surface area (Å²) in [4.78, 5) is 13.9. The Morgan fingerprint density at radius 1 is 1.59 bits per heavy atom. The van der Waals surface area contributed by atoms with Crippen LogP contribution in [-0.4, -0.2) is 63.4 Å². The van der Waals surface area contributed by atoms with Crippen LogP contribution in [0.2, 0.25) is 0 Å². The third-order valence-corrected chi connectivity index (χ3v) is 3.16. The second-order valence-electron chi connectivity index (χ2n) is 4.35. The zero-order valence-corrected chi connectivity index (χ0v) is 11.1. The van der Waals surface area contributed by atoms with Crippen LogP contribution in [0.5, 0.6) is 0 Å². The van der Waals surface area contributed by atoms with Crippen LogP contribution in [0.25, 0.3) is 0 Å². The van der Waals surface area contributed by atoms with E-state index in [4.69, 9.17) is 9.47 Å². The van der Waals surface area contributed by atoms with Crippen LogP contribution in [0.3, 0.4) is 0 Å². The molecule has 17 heavy (non-hydrogen) atoms. The fourth-order valence-electron chi connectivity index (χ4n) is 2.16. The summed E-state index contributed by atoms with van der Waals surface area (Å²) in [5, 5.41) is 3.01. The SMILES string of the molecule is CCOC(=O)C(CN1CCCC(OC)C1)NC. The number of carbonyl (C=O) groups is 1. The van der Waals surface area contributed by atoms with Gasteiger partial charge in [-0.1, -0.05) is 0 Å². The Kier molecular flexibility index (Phi) is 6.47. The number of esters is 1. The maximum absolute atomic E-state index is 11.7. The number of piperidine rings is 1. The summed E-state index contributed by atoms with van der Waals surface area (Å²) < 4.78 is 10.4. The van der Waals surface area contributed by atoms with Gasteiger partial charge in [0.1, 0.15) is 6.04 Å². The van der Waals surface area contributed by atoms with E-state index >= 15 is 0 Å². The molecule has 0 bridgehead atoms. The Morgan fingerprint density at radius 3 is 2.94 bits per heavy atom. The van der Waals surface area contributed by atoms with E-state index in [2.05, 4.69) is 10.2 Å². The molecule has 0 radical (unpaired) electrons. The van der Waals surface area contributed by atoms with E-state index in [-0.39, 0.29) is 12.0 Å². The van der Waals surface area contributed by atoms with E-state index in [1.54, 1.807) is 14.2 Å². The van der Waals surface area contributed by atoms with Crippen molar-refractivity contribution in [3.8, 4) is 0 Å². The Bertz CT molecular complexity index is 236. The molecule has 5 nitrogen and oxygen atoms in total. The number of nitrogens with zero attached hydrogens (tertiary/aromatic N) is 1. The van der Waals surface area contributed by atoms with Crippen molar-refractivity contribution >= 4 is 5.97 Å². The minimum absolute atomic E-state index is 0.172. The van der Waals surface area contributed by atoms with Gasteiger partial charge in [-0.3, -0.25) is 9.69 Å². The average molecular weight is 244 g/mol. The summed E-state index contributed by atoms with van der Waals surface area (Å²) in [6, 6.07) is -0.245. The number of likely N-dealkylation sites (tertiary alicyclic amines) is 1. The van der Waals surface area contributed by atoms with Gasteiger partial charge in [0.15, 0.2) is 0 Å². The van der Waals surface area contributed by atoms with Gasteiger partial charge in [-0.05, 0) is 33.4 Å². The monoisotopic (exact) mass is 244 g/mol. The molecule has 1 aliphatic heterocycles. The predicted octanol–water partition coefficient (Wildman–Crippen LogP) is 0.248. The lowest BCUT2D eigenvalue weighted by molar-refractivity contribution is -0.146. The van der Waals surface area contributed by atoms with Crippen molar-refractivity contribution in [2.75, 3.05) is 40.4 Å². The van der Waals surface area contributed by atoms with Gasteiger partial charge in [-0.25, -0.2) is 0 Å². The molecule has 1 N–H and O–H groups in total. The molecule has 0 aromatic rings. The number of ether oxygens (including phenoxy) is 2. The predicted molar refractivity (Wildman–Crippen MR) is 66.0 cm³/mol. The quantitative estimate of drug-likeness (QED) is 0.679. The summed E-state index contributed by atoms with van der Waals surface area (Å²) >= 11 is 0. The molecular formula is C12H24N2O3. The molecule has 1 rings (SSSR count). The Balaban J connectivity index is 2.41. The summed E-state index contributed by atoms with van der Waals surface area (Å²) in [6.07, 6.45) is 2.53. The van der Waals surface area contributed by atoms with Crippen molar-refractivity contribution in [2.24, 2.45) is 0 Å². The standard InChI is InChI=1S/C12H24N2O3/c1-4-17-12(15)11(13-2)9-14-7-5-6-10(8-14)16-3/h10-11,13H,4-9H2,1-3H3. The fourth-order valence-corrected chi connectivity index (χ4v) is 2.16. The zero-order valence-electron chi connectivity index (χ0n) is 11.1. The van der Waals surface area contributed by atoms with Gasteiger partial charge in [-0.15, -0.1) is 0 Å². The lowest BCUT2D eigenvalue weighted by atomic mass is 10.1. The molecule has 1 saturated heterocycles. The number of rotatable bonds is 6. The van der Waals surface area contributed by atoms with Crippen LogP contribution in [-0.2, 0) is 14.3 Å². The molecular weight excluding hydrogens is 220 g/mol. The molecule has 5 heteroatoms. The molecule has 2 atom stereocenters. The van der Waals surface area contributed by atoms with E-state index in [1.807, 2.05) is 6.92 Å². The van der Waals surface area contributed by atoms with E-state index in [0.717, 1.165) is 25.9 Å². The number of carbonyl (C=O) groups excluding carboxylic acids is 1. The van der Waals surface area contributed by atoms with Crippen molar-refractivity contribution in [1.29, 1.82) is 0 Å². The van der Waals surface area contributed by atoms with Crippen LogP contribution in [0.4, 0.5) is 0 Å². The van der Waals surface area contributed by atoms with Gasteiger partial charge in [-0.2, -0.15) is 0 Å². The maximum Gasteiger partial charge on any atom is 0.324 e. The highest BCUT2D eigenvalue weighted by atomic mass is 16.5. The van der Waals surface area contributed by atoms with Gasteiger partial charge in [0.05, 0.1) is 12.7 Å². The molecule has 1 aliphatic rings. The minimum atomic E-state index is -0.245. The van der Waals surface area contributed by atoms with Crippen LogP contribution < -0.4 is 5.32 Å². The maximum atomic E-state index is 11.7. The van der Waals surface area contributed by atoms with Crippen LogP contribution in [0.15, 0.2) is 0 Å². The lowest BCUT2D eigenvalue weighted by Crippen LogP contribution is -2.49. The van der Waals surface area contributed by atoms with E-state index in [9.17, 15) is 4.79 Å². The number of methoxy groups -OCH3 is 1. The number of likely N-dealkylation sites (N-methyl/N-ethyl adjacent to an activating group) is 1. The van der Waals surface area contributed by atoms with Crippen molar-refractivity contribution < 1.29 is 14.3 Å². The summed E-state index contributed by atoms with van der Waals surface area (Å²) in [5.74, 6) is -0.172. The molecule has 100 valence electrons. The van der Waals surface area contributed by atoms with E-state index < -0.39 is 0 Å². The van der Waals surface area contributed by atoms with Crippen molar-refractivity contribution in [3.05, 3.63) is 0 Å². The van der Waals surface area contributed by atoms with E-state index in [0.29, 0.717) is 19.3 Å². The number of hydrogen-bond donors (Lipinski definition) is 1. The first-order valence-corrected chi connectivity index (χ1v) is 6.30. The summed E-state index contributed by atoms with van der Waals surface area (Å²) in [7, 11) is 3.54. The van der Waals surface area contributed by atoms with Crippen molar-refractivity contribution in [2.45, 2.75) is 31.9 Å². The summed E-state index contributed by atoms with van der Waals surface area (Å²) in [5.41, 5.74) is 0. The molecule has 0 aliphatic carbocycles. The summed E-state index contributed by atoms with van der Waals surface area (Å²) in [6.45, 7) is 4.87. The molecule has 1 heterocycles. The third-order valence-electron chi connectivity index (χ3n) is 3.16. The molecule has 0 aromatic carbocycles. The van der Waals surface area contributed by atoms with Crippen molar-refractivity contribution in [1.82, 2.24) is 10.2 Å². The molecule has 1 fully saturated rings. The number of hydrogen-bond acceptors (Lipinski definition) is 5. The van der Waals surface area contributed by atoms with Gasteiger partial charge >= 0.3 is 5.97 Å². The van der Waals surface area contributed by atoms with Crippen LogP contribution >= 0.6 is 0 Å². The first-order chi connectivity index (χ1) is 8.21. The molecule has 0 spiro atoms. The molecule has 0 amide bonds. The smallest absolute Gasteiger partial charge is 0.324 e. The highest BCUT2D eigenvalue weighted by molar-refractivity contribution is 5.76. The highest BCUT2D eigenvalue weighted by Gasteiger charge is 2.25.